The van der Waals surface area contributed by atoms with Crippen molar-refractivity contribution in [3.63, 3.8) is 0 Å². The van der Waals surface area contributed by atoms with E-state index in [4.69, 9.17) is 9.84 Å². The van der Waals surface area contributed by atoms with Crippen LogP contribution in [0.4, 0.5) is 4.39 Å². The summed E-state index contributed by atoms with van der Waals surface area (Å²) in [4.78, 5) is 25.0. The van der Waals surface area contributed by atoms with Crippen LogP contribution in [-0.4, -0.2) is 52.1 Å². The molecule has 1 N–H and O–H groups in total. The van der Waals surface area contributed by atoms with Gasteiger partial charge >= 0.3 is 5.97 Å². The molecular weight excluding hydrogens is 309 g/mol. The predicted molar refractivity (Wildman–Crippen MR) is 81.6 cm³/mol. The largest absolute Gasteiger partial charge is 0.481 e. The molecule has 22 heavy (non-hydrogen) atoms. The zero-order valence-electron chi connectivity index (χ0n) is 12.2. The molecule has 7 heteroatoms. The van der Waals surface area contributed by atoms with E-state index in [-0.39, 0.29) is 24.1 Å². The number of aliphatic carboxylic acids is 1. The third-order valence-corrected chi connectivity index (χ3v) is 4.47. The summed E-state index contributed by atoms with van der Waals surface area (Å²) in [6, 6.07) is 5.26. The van der Waals surface area contributed by atoms with Gasteiger partial charge in [0.15, 0.2) is 6.10 Å². The number of carbonyl (C=O) groups is 2. The molecule has 1 aliphatic heterocycles. The Morgan fingerprint density at radius 3 is 3.00 bits per heavy atom. The number of hydrogen-bond acceptors (Lipinski definition) is 4. The first-order chi connectivity index (χ1) is 10.5. The van der Waals surface area contributed by atoms with Crippen molar-refractivity contribution in [2.75, 3.05) is 18.1 Å². The van der Waals surface area contributed by atoms with E-state index in [2.05, 4.69) is 0 Å². The Bertz CT molecular complexity index is 554. The van der Waals surface area contributed by atoms with Crippen LogP contribution >= 0.6 is 11.8 Å². The van der Waals surface area contributed by atoms with Crippen molar-refractivity contribution in [3.8, 4) is 5.75 Å². The molecule has 1 saturated heterocycles. The normalized spacial score (nSPS) is 19.5. The van der Waals surface area contributed by atoms with E-state index in [9.17, 15) is 14.0 Å². The maximum atomic E-state index is 13.1. The first-order valence-corrected chi connectivity index (χ1v) is 8.15. The molecule has 1 heterocycles. The van der Waals surface area contributed by atoms with Gasteiger partial charge in [0.25, 0.3) is 5.91 Å². The molecule has 0 bridgehead atoms. The van der Waals surface area contributed by atoms with Crippen LogP contribution in [0.25, 0.3) is 0 Å². The van der Waals surface area contributed by atoms with Crippen LogP contribution in [0.2, 0.25) is 0 Å². The molecule has 1 aromatic carbocycles. The van der Waals surface area contributed by atoms with E-state index in [0.29, 0.717) is 12.3 Å². The third-order valence-electron chi connectivity index (χ3n) is 3.38. The van der Waals surface area contributed by atoms with Crippen LogP contribution < -0.4 is 4.74 Å². The van der Waals surface area contributed by atoms with Gasteiger partial charge in [-0.3, -0.25) is 9.59 Å². The molecule has 0 aromatic heterocycles. The summed E-state index contributed by atoms with van der Waals surface area (Å²) in [5.41, 5.74) is 0. The number of hydrogen-bond donors (Lipinski definition) is 1. The third kappa shape index (κ3) is 4.37. The number of amides is 1. The van der Waals surface area contributed by atoms with Gasteiger partial charge in [0.05, 0.1) is 12.5 Å². The minimum absolute atomic E-state index is 0.0780. The fourth-order valence-electron chi connectivity index (χ4n) is 2.34. The Balaban J connectivity index is 2.02. The Morgan fingerprint density at radius 1 is 1.55 bits per heavy atom. The molecular formula is C15H18FNO4S. The summed E-state index contributed by atoms with van der Waals surface area (Å²) in [6.45, 7) is 2.09. The van der Waals surface area contributed by atoms with Crippen LogP contribution in [0.1, 0.15) is 13.3 Å². The Hall–Kier alpha value is -1.76. The van der Waals surface area contributed by atoms with Crippen LogP contribution in [0.3, 0.4) is 0 Å². The lowest BCUT2D eigenvalue weighted by Gasteiger charge is -2.36. The molecule has 2 unspecified atom stereocenters. The molecule has 0 aliphatic carbocycles. The average molecular weight is 327 g/mol. The summed E-state index contributed by atoms with van der Waals surface area (Å²) in [7, 11) is 0. The maximum Gasteiger partial charge on any atom is 0.305 e. The van der Waals surface area contributed by atoms with E-state index in [1.54, 1.807) is 29.7 Å². The van der Waals surface area contributed by atoms with Gasteiger partial charge in [-0.15, -0.1) is 0 Å². The van der Waals surface area contributed by atoms with Crippen LogP contribution in [-0.2, 0) is 9.59 Å². The maximum absolute atomic E-state index is 13.1. The molecule has 120 valence electrons. The zero-order chi connectivity index (χ0) is 16.1. The summed E-state index contributed by atoms with van der Waals surface area (Å²) < 4.78 is 18.6. The first kappa shape index (κ1) is 16.6. The highest BCUT2D eigenvalue weighted by atomic mass is 32.2. The van der Waals surface area contributed by atoms with Gasteiger partial charge in [-0.2, -0.15) is 11.8 Å². The second kappa shape index (κ2) is 7.49. The van der Waals surface area contributed by atoms with E-state index >= 15 is 0 Å². The van der Waals surface area contributed by atoms with Crippen LogP contribution in [0, 0.1) is 5.82 Å². The van der Waals surface area contributed by atoms with E-state index in [1.807, 2.05) is 0 Å². The highest BCUT2D eigenvalue weighted by Crippen LogP contribution is 2.21. The monoisotopic (exact) mass is 327 g/mol. The Labute approximate surface area is 132 Å². The second-order valence-electron chi connectivity index (χ2n) is 5.08. The quantitative estimate of drug-likeness (QED) is 0.896. The highest BCUT2D eigenvalue weighted by molar-refractivity contribution is 7.99. The van der Waals surface area contributed by atoms with Gasteiger partial charge in [-0.25, -0.2) is 4.39 Å². The second-order valence-corrected chi connectivity index (χ2v) is 6.23. The number of carboxylic acid groups (broad SMARTS) is 1. The van der Waals surface area contributed by atoms with Gasteiger partial charge in [-0.05, 0) is 19.1 Å². The fourth-order valence-corrected chi connectivity index (χ4v) is 3.41. The molecule has 0 saturated carbocycles. The molecule has 1 amide bonds. The SMILES string of the molecule is CC(Oc1cccc(F)c1)C(=O)N1CCSCC1CC(=O)O. The first-order valence-electron chi connectivity index (χ1n) is 6.99. The Morgan fingerprint density at radius 2 is 2.32 bits per heavy atom. The molecule has 1 fully saturated rings. The van der Waals surface area contributed by atoms with Crippen LogP contribution in [0.15, 0.2) is 24.3 Å². The van der Waals surface area contributed by atoms with Crippen LogP contribution in [0.5, 0.6) is 5.75 Å². The van der Waals surface area contributed by atoms with Crippen molar-refractivity contribution in [2.24, 2.45) is 0 Å². The van der Waals surface area contributed by atoms with E-state index < -0.39 is 17.9 Å². The molecule has 0 spiro atoms. The van der Waals surface area contributed by atoms with E-state index in [0.717, 1.165) is 5.75 Å². The Kier molecular flexibility index (Phi) is 5.65. The van der Waals surface area contributed by atoms with Crippen molar-refractivity contribution in [2.45, 2.75) is 25.5 Å². The van der Waals surface area contributed by atoms with Gasteiger partial charge in [0, 0.05) is 24.1 Å². The summed E-state index contributed by atoms with van der Waals surface area (Å²) in [5.74, 6) is 0.0244. The zero-order valence-corrected chi connectivity index (χ0v) is 13.0. The van der Waals surface area contributed by atoms with Gasteiger partial charge in [0.2, 0.25) is 0 Å². The average Bonchev–Trinajstić information content (AvgIpc) is 2.46. The topological polar surface area (TPSA) is 66.8 Å². The molecule has 2 rings (SSSR count). The lowest BCUT2D eigenvalue weighted by Crippen LogP contribution is -2.51. The summed E-state index contributed by atoms with van der Waals surface area (Å²) >= 11 is 1.64. The number of carbonyl (C=O) groups excluding carboxylic acids is 1. The minimum Gasteiger partial charge on any atom is -0.481 e. The van der Waals surface area contributed by atoms with Crippen molar-refractivity contribution >= 4 is 23.6 Å². The molecule has 1 aliphatic rings. The van der Waals surface area contributed by atoms with Gasteiger partial charge < -0.3 is 14.7 Å². The lowest BCUT2D eigenvalue weighted by atomic mass is 10.1. The number of thioether (sulfide) groups is 1. The highest BCUT2D eigenvalue weighted by Gasteiger charge is 2.32. The number of ether oxygens (including phenoxy) is 1. The van der Waals surface area contributed by atoms with Crippen molar-refractivity contribution in [3.05, 3.63) is 30.1 Å². The fraction of sp³-hybridized carbons (Fsp3) is 0.467. The van der Waals surface area contributed by atoms with Crippen molar-refractivity contribution in [1.29, 1.82) is 0 Å². The number of nitrogens with zero attached hydrogens (tertiary/aromatic N) is 1. The molecule has 2 atom stereocenters. The van der Waals surface area contributed by atoms with Gasteiger partial charge in [-0.1, -0.05) is 6.07 Å². The summed E-state index contributed by atoms with van der Waals surface area (Å²) in [6.07, 6.45) is -0.869. The van der Waals surface area contributed by atoms with Crippen molar-refractivity contribution in [1.82, 2.24) is 4.90 Å². The van der Waals surface area contributed by atoms with Gasteiger partial charge in [0.1, 0.15) is 11.6 Å². The lowest BCUT2D eigenvalue weighted by molar-refractivity contribution is -0.143. The smallest absolute Gasteiger partial charge is 0.305 e. The number of carboxylic acids is 1. The minimum atomic E-state index is -0.927. The predicted octanol–water partition coefficient (Wildman–Crippen LogP) is 2.01. The molecule has 1 aromatic rings. The summed E-state index contributed by atoms with van der Waals surface area (Å²) in [5, 5.41) is 8.95. The van der Waals surface area contributed by atoms with Crippen molar-refractivity contribution < 1.29 is 23.8 Å². The molecule has 5 nitrogen and oxygen atoms in total. The molecule has 0 radical (unpaired) electrons. The van der Waals surface area contributed by atoms with E-state index in [1.165, 1.54) is 18.2 Å². The number of halogens is 1. The number of rotatable bonds is 5. The standard InChI is InChI=1S/C15H18FNO4S/c1-10(21-13-4-2-3-11(16)7-13)15(20)17-5-6-22-9-12(17)8-14(18)19/h2-4,7,10,12H,5-6,8-9H2,1H3,(H,18,19). The number of benzene rings is 1.